The Morgan fingerprint density at radius 3 is 2.03 bits per heavy atom. The number of anilines is 2. The fraction of sp³-hybridized carbons (Fsp3) is 0.213. The summed E-state index contributed by atoms with van der Waals surface area (Å²) in [6, 6.07) is 49.7. The van der Waals surface area contributed by atoms with E-state index < -0.39 is 0 Å². The first-order chi connectivity index (χ1) is 32.2. The van der Waals surface area contributed by atoms with E-state index in [1.165, 1.54) is 142 Å². The molecule has 15 rings (SSSR count). The Morgan fingerprint density at radius 1 is 0.567 bits per heavy atom. The summed E-state index contributed by atoms with van der Waals surface area (Å²) in [6.45, 7) is 19.0. The van der Waals surface area contributed by atoms with Crippen molar-refractivity contribution in [3.05, 3.63) is 150 Å². The lowest BCUT2D eigenvalue weighted by Crippen LogP contribution is -2.60. The SMILES string of the molecule is Cc1cc2c3c4c1c1cc5c(cc1n4-c1cc4c(cc1B3N(c1ccc(C(C)(C)C)cc1)c1cc3sc6cc7c(cc6c3cc1-2)C(C)(C)CCC7(C)C)sc1ccccc14)oc1ccccc15. The van der Waals surface area contributed by atoms with Crippen LogP contribution in [0.4, 0.5) is 11.4 Å². The summed E-state index contributed by atoms with van der Waals surface area (Å²) in [5.74, 6) is 0. The summed E-state index contributed by atoms with van der Waals surface area (Å²) in [4.78, 5) is 2.72. The van der Waals surface area contributed by atoms with Crippen LogP contribution >= 0.6 is 22.7 Å². The first-order valence-corrected chi connectivity index (χ1v) is 25.7. The third kappa shape index (κ3) is 5.03. The molecule has 12 aromatic rings. The number of aromatic nitrogens is 1. The van der Waals surface area contributed by atoms with Crippen LogP contribution in [0, 0.1) is 6.92 Å². The molecule has 6 heterocycles. The Hall–Kier alpha value is -6.34. The number of fused-ring (bicyclic) bond motifs is 18. The molecule has 0 radical (unpaired) electrons. The molecule has 3 aliphatic rings. The lowest BCUT2D eigenvalue weighted by Gasteiger charge is -2.42. The molecule has 0 bridgehead atoms. The monoisotopic (exact) mass is 900 g/mol. The molecule has 324 valence electrons. The Morgan fingerprint density at radius 2 is 1.24 bits per heavy atom. The number of hydrogen-bond donors (Lipinski definition) is 0. The first-order valence-electron chi connectivity index (χ1n) is 24.1. The van der Waals surface area contributed by atoms with Gasteiger partial charge in [-0.1, -0.05) is 103 Å². The summed E-state index contributed by atoms with van der Waals surface area (Å²) in [5, 5.41) is 10.3. The van der Waals surface area contributed by atoms with Crippen LogP contribution < -0.4 is 15.7 Å². The molecule has 8 aromatic carbocycles. The third-order valence-corrected chi connectivity index (χ3v) is 18.7. The van der Waals surface area contributed by atoms with Crippen LogP contribution in [-0.4, -0.2) is 11.4 Å². The fourth-order valence-electron chi connectivity index (χ4n) is 12.9. The van der Waals surface area contributed by atoms with E-state index in [4.69, 9.17) is 4.42 Å². The van der Waals surface area contributed by atoms with Gasteiger partial charge < -0.3 is 13.8 Å². The van der Waals surface area contributed by atoms with Crippen molar-refractivity contribution in [1.29, 1.82) is 0 Å². The molecule has 6 heteroatoms. The number of rotatable bonds is 1. The molecule has 0 saturated carbocycles. The number of para-hydroxylation sites is 1. The van der Waals surface area contributed by atoms with Gasteiger partial charge >= 0.3 is 6.85 Å². The van der Waals surface area contributed by atoms with E-state index in [1.807, 2.05) is 22.7 Å². The van der Waals surface area contributed by atoms with Crippen molar-refractivity contribution in [3.8, 4) is 16.8 Å². The number of aryl methyl sites for hydroxylation is 1. The molecule has 0 fully saturated rings. The summed E-state index contributed by atoms with van der Waals surface area (Å²) in [6.07, 6.45) is 2.41. The van der Waals surface area contributed by atoms with Gasteiger partial charge in [0.2, 0.25) is 0 Å². The topological polar surface area (TPSA) is 21.3 Å². The van der Waals surface area contributed by atoms with E-state index in [0.717, 1.165) is 16.6 Å². The normalized spacial score (nSPS) is 16.1. The van der Waals surface area contributed by atoms with Gasteiger partial charge in [0.15, 0.2) is 0 Å². The predicted molar refractivity (Wildman–Crippen MR) is 292 cm³/mol. The Kier molecular flexibility index (Phi) is 7.28. The zero-order valence-electron chi connectivity index (χ0n) is 39.2. The standard InChI is InChI=1S/C61H49BN2OS2/c1-32-23-42-37-24-39-40-26-44-45(61(7,8)22-21-60(44,5)6)28-53(40)67-55(39)31-48(37)64(34-19-17-33(18-20-34)59(2,3)4)62-46-29-54-41(36-14-10-12-16-52(36)66-54)27-49(46)63-47-30-51-38(35-13-9-11-15-50(35)65-51)25-43(47)56(32)58(63)57(42)62/h9-20,23-31H,21-22H2,1-8H3. The van der Waals surface area contributed by atoms with Crippen LogP contribution in [0.25, 0.3) is 101 Å². The molecular weight excluding hydrogens is 852 g/mol. The van der Waals surface area contributed by atoms with Gasteiger partial charge in [0.25, 0.3) is 0 Å². The maximum absolute atomic E-state index is 6.68. The van der Waals surface area contributed by atoms with Gasteiger partial charge in [-0.3, -0.25) is 0 Å². The predicted octanol–water partition coefficient (Wildman–Crippen LogP) is 16.6. The minimum atomic E-state index is -0.0722. The summed E-state index contributed by atoms with van der Waals surface area (Å²) >= 11 is 3.89. The molecule has 0 spiro atoms. The third-order valence-electron chi connectivity index (χ3n) is 16.5. The van der Waals surface area contributed by atoms with Crippen molar-refractivity contribution in [3.63, 3.8) is 0 Å². The van der Waals surface area contributed by atoms with Crippen molar-refractivity contribution in [2.24, 2.45) is 0 Å². The van der Waals surface area contributed by atoms with Crippen LogP contribution in [0.3, 0.4) is 0 Å². The number of furan rings is 1. The van der Waals surface area contributed by atoms with E-state index in [2.05, 4.69) is 192 Å². The number of benzene rings is 8. The molecule has 0 N–H and O–H groups in total. The highest BCUT2D eigenvalue weighted by Gasteiger charge is 2.45. The summed E-state index contributed by atoms with van der Waals surface area (Å²) in [7, 11) is 0. The second-order valence-electron chi connectivity index (χ2n) is 22.4. The van der Waals surface area contributed by atoms with Crippen molar-refractivity contribution < 1.29 is 4.42 Å². The van der Waals surface area contributed by atoms with Gasteiger partial charge in [-0.15, -0.1) is 22.7 Å². The van der Waals surface area contributed by atoms with E-state index in [-0.39, 0.29) is 23.1 Å². The first kappa shape index (κ1) is 38.7. The summed E-state index contributed by atoms with van der Waals surface area (Å²) < 4.78 is 14.7. The molecule has 1 aliphatic carbocycles. The van der Waals surface area contributed by atoms with Gasteiger partial charge in [-0.2, -0.15) is 0 Å². The van der Waals surface area contributed by atoms with E-state index in [1.54, 1.807) is 0 Å². The van der Waals surface area contributed by atoms with Gasteiger partial charge in [0.05, 0.1) is 11.0 Å². The number of nitrogens with zero attached hydrogens (tertiary/aromatic N) is 2. The average Bonchev–Trinajstić information content (AvgIpc) is 4.06. The largest absolute Gasteiger partial charge is 0.456 e. The molecule has 4 aromatic heterocycles. The highest BCUT2D eigenvalue weighted by Crippen LogP contribution is 2.53. The van der Waals surface area contributed by atoms with Crippen molar-refractivity contribution >= 4 is 136 Å². The summed E-state index contributed by atoms with van der Waals surface area (Å²) in [5.41, 5.74) is 19.5. The van der Waals surface area contributed by atoms with Crippen molar-refractivity contribution in [2.75, 3.05) is 4.81 Å². The second-order valence-corrected chi connectivity index (χ2v) is 24.5. The molecular formula is C61H49BN2OS2. The highest BCUT2D eigenvalue weighted by molar-refractivity contribution is 7.26. The number of thiophene rings is 2. The lowest BCUT2D eigenvalue weighted by atomic mass is 9.44. The Bertz CT molecular complexity index is 4220. The highest BCUT2D eigenvalue weighted by atomic mass is 32.1. The van der Waals surface area contributed by atoms with Crippen LogP contribution in [0.1, 0.15) is 83.6 Å². The van der Waals surface area contributed by atoms with Crippen LogP contribution in [0.2, 0.25) is 0 Å². The van der Waals surface area contributed by atoms with Crippen molar-refractivity contribution in [1.82, 2.24) is 4.57 Å². The molecule has 3 nitrogen and oxygen atoms in total. The molecule has 2 aliphatic heterocycles. The smallest absolute Gasteiger partial charge is 0.333 e. The van der Waals surface area contributed by atoms with Crippen LogP contribution in [0.15, 0.2) is 132 Å². The van der Waals surface area contributed by atoms with E-state index in [0.29, 0.717) is 0 Å². The Labute approximate surface area is 398 Å². The maximum Gasteiger partial charge on any atom is 0.333 e. The Balaban J connectivity index is 1.11. The minimum absolute atomic E-state index is 0.0375. The zero-order valence-corrected chi connectivity index (χ0v) is 40.9. The van der Waals surface area contributed by atoms with E-state index in [9.17, 15) is 0 Å². The maximum atomic E-state index is 6.68. The van der Waals surface area contributed by atoms with Crippen molar-refractivity contribution in [2.45, 2.75) is 84.5 Å². The van der Waals surface area contributed by atoms with Gasteiger partial charge in [0, 0.05) is 90.6 Å². The van der Waals surface area contributed by atoms with E-state index >= 15 is 0 Å². The van der Waals surface area contributed by atoms with Gasteiger partial charge in [-0.25, -0.2) is 0 Å². The van der Waals surface area contributed by atoms with Crippen LogP contribution in [0.5, 0.6) is 0 Å². The lowest BCUT2D eigenvalue weighted by molar-refractivity contribution is 0.332. The van der Waals surface area contributed by atoms with Crippen LogP contribution in [-0.2, 0) is 16.2 Å². The average molecular weight is 901 g/mol. The molecule has 67 heavy (non-hydrogen) atoms. The van der Waals surface area contributed by atoms with Gasteiger partial charge in [0.1, 0.15) is 11.2 Å². The quantitative estimate of drug-likeness (QED) is 0.153. The molecule has 0 unspecified atom stereocenters. The molecule has 0 atom stereocenters. The second kappa shape index (κ2) is 12.6. The zero-order chi connectivity index (χ0) is 45.2. The minimum Gasteiger partial charge on any atom is -0.456 e. The van der Waals surface area contributed by atoms with Gasteiger partial charge in [-0.05, 0) is 141 Å². The fourth-order valence-corrected chi connectivity index (χ4v) is 15.1. The molecule has 0 amide bonds. The molecule has 0 saturated heterocycles. The number of hydrogen-bond acceptors (Lipinski definition) is 4.